The maximum Gasteiger partial charge on any atom is 0.251 e. The second-order valence-electron chi connectivity index (χ2n) is 9.05. The van der Waals surface area contributed by atoms with Crippen molar-refractivity contribution in [2.24, 2.45) is 0 Å². The summed E-state index contributed by atoms with van der Waals surface area (Å²) in [7, 11) is -3.48. The Morgan fingerprint density at radius 3 is 2.09 bits per heavy atom. The number of benzene rings is 3. The van der Waals surface area contributed by atoms with E-state index < -0.39 is 10.0 Å². The Bertz CT molecular complexity index is 1280. The normalized spacial score (nSPS) is 12.3. The van der Waals surface area contributed by atoms with E-state index in [9.17, 15) is 13.2 Å². The molecule has 5 nitrogen and oxygen atoms in total. The maximum absolute atomic E-state index is 12.9. The SMILES string of the molecule is CC[C@@H](NC(=O)c1ccc(CN(c2cc(C)ccc2C)S(C)(=O)=O)cc1)c1ccc(C)cc1C. The number of aryl methyl sites for hydroxylation is 4. The summed E-state index contributed by atoms with van der Waals surface area (Å²) in [6, 6.07) is 19.1. The van der Waals surface area contributed by atoms with E-state index in [1.807, 2.05) is 44.2 Å². The van der Waals surface area contributed by atoms with E-state index in [4.69, 9.17) is 0 Å². The van der Waals surface area contributed by atoms with Gasteiger partial charge in [-0.1, -0.05) is 55.0 Å². The lowest BCUT2D eigenvalue weighted by Crippen LogP contribution is -2.30. The fourth-order valence-corrected chi connectivity index (χ4v) is 5.09. The van der Waals surface area contributed by atoms with E-state index in [1.54, 1.807) is 12.1 Å². The first kappa shape index (κ1) is 25.5. The molecule has 0 unspecified atom stereocenters. The second kappa shape index (κ2) is 10.4. The van der Waals surface area contributed by atoms with Crippen LogP contribution in [0.1, 0.15) is 63.1 Å². The van der Waals surface area contributed by atoms with Gasteiger partial charge in [-0.05, 0) is 80.1 Å². The average Bonchev–Trinajstić information content (AvgIpc) is 2.77. The molecule has 0 saturated carbocycles. The Balaban J connectivity index is 1.79. The monoisotopic (exact) mass is 478 g/mol. The van der Waals surface area contributed by atoms with Gasteiger partial charge in [0.1, 0.15) is 0 Å². The molecule has 1 amide bonds. The predicted molar refractivity (Wildman–Crippen MR) is 140 cm³/mol. The van der Waals surface area contributed by atoms with Crippen LogP contribution in [0.3, 0.4) is 0 Å². The highest BCUT2D eigenvalue weighted by Gasteiger charge is 2.21. The first-order chi connectivity index (χ1) is 16.0. The van der Waals surface area contributed by atoms with Crippen LogP contribution in [0.4, 0.5) is 5.69 Å². The number of rotatable bonds is 8. The summed E-state index contributed by atoms with van der Waals surface area (Å²) in [5.41, 5.74) is 7.39. The van der Waals surface area contributed by atoms with E-state index in [-0.39, 0.29) is 18.5 Å². The molecule has 180 valence electrons. The van der Waals surface area contributed by atoms with Gasteiger partial charge < -0.3 is 5.32 Å². The summed E-state index contributed by atoms with van der Waals surface area (Å²) in [5.74, 6) is -0.145. The highest BCUT2D eigenvalue weighted by molar-refractivity contribution is 7.92. The van der Waals surface area contributed by atoms with E-state index in [2.05, 4.69) is 44.3 Å². The molecule has 0 aliphatic carbocycles. The largest absolute Gasteiger partial charge is 0.345 e. The van der Waals surface area contributed by atoms with Crippen molar-refractivity contribution in [3.8, 4) is 0 Å². The summed E-state index contributed by atoms with van der Waals surface area (Å²) in [4.78, 5) is 12.9. The van der Waals surface area contributed by atoms with Crippen molar-refractivity contribution in [2.45, 2.75) is 53.6 Å². The van der Waals surface area contributed by atoms with Crippen molar-refractivity contribution in [3.05, 3.63) is 99.6 Å². The van der Waals surface area contributed by atoms with Crippen molar-refractivity contribution in [1.29, 1.82) is 0 Å². The van der Waals surface area contributed by atoms with Crippen LogP contribution in [0.25, 0.3) is 0 Å². The van der Waals surface area contributed by atoms with Gasteiger partial charge in [0.25, 0.3) is 5.91 Å². The zero-order valence-electron chi connectivity index (χ0n) is 20.8. The van der Waals surface area contributed by atoms with Crippen LogP contribution in [0.15, 0.2) is 60.7 Å². The Hall–Kier alpha value is -3.12. The highest BCUT2D eigenvalue weighted by atomic mass is 32.2. The number of amides is 1. The topological polar surface area (TPSA) is 66.5 Å². The van der Waals surface area contributed by atoms with Gasteiger partial charge in [-0.15, -0.1) is 0 Å². The zero-order valence-corrected chi connectivity index (χ0v) is 21.7. The molecule has 3 aromatic carbocycles. The molecule has 0 heterocycles. The van der Waals surface area contributed by atoms with Crippen LogP contribution in [0, 0.1) is 27.7 Å². The van der Waals surface area contributed by atoms with E-state index in [1.165, 1.54) is 16.1 Å². The van der Waals surface area contributed by atoms with Gasteiger partial charge >= 0.3 is 0 Å². The minimum Gasteiger partial charge on any atom is -0.345 e. The van der Waals surface area contributed by atoms with Crippen molar-refractivity contribution >= 4 is 21.6 Å². The molecule has 0 aromatic heterocycles. The van der Waals surface area contributed by atoms with Crippen molar-refractivity contribution in [3.63, 3.8) is 0 Å². The standard InChI is InChI=1S/C28H34N2O3S/c1-7-26(25-15-9-19(2)16-22(25)5)29-28(31)24-13-11-23(12-14-24)18-30(34(6,32)33)27-17-20(3)8-10-21(27)4/h8-17,26H,7,18H2,1-6H3,(H,29,31)/t26-/m1/s1. The van der Waals surface area contributed by atoms with Gasteiger partial charge in [-0.2, -0.15) is 0 Å². The van der Waals surface area contributed by atoms with Crippen molar-refractivity contribution in [1.82, 2.24) is 5.32 Å². The summed E-state index contributed by atoms with van der Waals surface area (Å²) < 4.78 is 26.6. The second-order valence-corrected chi connectivity index (χ2v) is 11.0. The van der Waals surface area contributed by atoms with Crippen LogP contribution < -0.4 is 9.62 Å². The third kappa shape index (κ3) is 6.06. The molecule has 6 heteroatoms. The zero-order chi connectivity index (χ0) is 25.0. The summed E-state index contributed by atoms with van der Waals surface area (Å²) >= 11 is 0. The third-order valence-electron chi connectivity index (χ3n) is 6.09. The molecule has 0 fully saturated rings. The molecule has 1 atom stereocenters. The van der Waals surface area contributed by atoms with Crippen LogP contribution in [0.2, 0.25) is 0 Å². The molecule has 0 saturated heterocycles. The lowest BCUT2D eigenvalue weighted by atomic mass is 9.97. The molecule has 3 aromatic rings. The van der Waals surface area contributed by atoms with E-state index in [0.29, 0.717) is 11.3 Å². The van der Waals surface area contributed by atoms with Gasteiger partial charge in [0.05, 0.1) is 24.5 Å². The number of anilines is 1. The molecule has 0 radical (unpaired) electrons. The third-order valence-corrected chi connectivity index (χ3v) is 7.22. The Labute approximate surface area is 203 Å². The van der Waals surface area contributed by atoms with Gasteiger partial charge in [-0.3, -0.25) is 9.10 Å². The predicted octanol–water partition coefficient (Wildman–Crippen LogP) is 5.77. The van der Waals surface area contributed by atoms with Crippen LogP contribution in [0.5, 0.6) is 0 Å². The lowest BCUT2D eigenvalue weighted by Gasteiger charge is -2.25. The number of hydrogen-bond donors (Lipinski definition) is 1. The fourth-order valence-electron chi connectivity index (χ4n) is 4.15. The fraction of sp³-hybridized carbons (Fsp3) is 0.321. The number of nitrogens with zero attached hydrogens (tertiary/aromatic N) is 1. The molecule has 0 bridgehead atoms. The summed E-state index contributed by atoms with van der Waals surface area (Å²) in [6.07, 6.45) is 2.00. The number of nitrogens with one attached hydrogen (secondary N) is 1. The van der Waals surface area contributed by atoms with Crippen molar-refractivity contribution < 1.29 is 13.2 Å². The molecule has 3 rings (SSSR count). The molecular formula is C28H34N2O3S. The quantitative estimate of drug-likeness (QED) is 0.447. The maximum atomic E-state index is 12.9. The summed E-state index contributed by atoms with van der Waals surface area (Å²) in [6.45, 7) is 10.2. The highest BCUT2D eigenvalue weighted by Crippen LogP contribution is 2.26. The van der Waals surface area contributed by atoms with Gasteiger partial charge in [-0.25, -0.2) is 8.42 Å². The first-order valence-electron chi connectivity index (χ1n) is 11.5. The number of carbonyl (C=O) groups is 1. The van der Waals surface area contributed by atoms with Crippen molar-refractivity contribution in [2.75, 3.05) is 10.6 Å². The molecular weight excluding hydrogens is 444 g/mol. The molecule has 0 spiro atoms. The van der Waals surface area contributed by atoms with Crippen LogP contribution in [-0.2, 0) is 16.6 Å². The van der Waals surface area contributed by atoms with Gasteiger partial charge in [0.2, 0.25) is 10.0 Å². The Kier molecular flexibility index (Phi) is 7.82. The smallest absolute Gasteiger partial charge is 0.251 e. The number of carbonyl (C=O) groups excluding carboxylic acids is 1. The number of sulfonamides is 1. The van der Waals surface area contributed by atoms with E-state index >= 15 is 0 Å². The summed E-state index contributed by atoms with van der Waals surface area (Å²) in [5, 5.41) is 3.14. The molecule has 0 aliphatic heterocycles. The van der Waals surface area contributed by atoms with E-state index in [0.717, 1.165) is 34.2 Å². The molecule has 1 N–H and O–H groups in total. The van der Waals surface area contributed by atoms with Crippen LogP contribution in [-0.4, -0.2) is 20.6 Å². The molecule has 0 aliphatic rings. The Morgan fingerprint density at radius 1 is 0.882 bits per heavy atom. The minimum atomic E-state index is -3.48. The lowest BCUT2D eigenvalue weighted by molar-refractivity contribution is 0.0935. The average molecular weight is 479 g/mol. The minimum absolute atomic E-state index is 0.0715. The van der Waals surface area contributed by atoms with Gasteiger partial charge in [0, 0.05) is 5.56 Å². The van der Waals surface area contributed by atoms with Gasteiger partial charge in [0.15, 0.2) is 0 Å². The molecule has 34 heavy (non-hydrogen) atoms. The first-order valence-corrected chi connectivity index (χ1v) is 13.4. The van der Waals surface area contributed by atoms with Crippen LogP contribution >= 0.6 is 0 Å². The number of hydrogen-bond acceptors (Lipinski definition) is 3. The Morgan fingerprint density at radius 2 is 1.50 bits per heavy atom.